The third-order valence-electron chi connectivity index (χ3n) is 3.30. The zero-order chi connectivity index (χ0) is 16.9. The molecule has 24 heavy (non-hydrogen) atoms. The van der Waals surface area contributed by atoms with Gasteiger partial charge in [0.2, 0.25) is 0 Å². The van der Waals surface area contributed by atoms with Crippen LogP contribution >= 0.6 is 27.3 Å². The first kappa shape index (κ1) is 16.7. The number of thiazole rings is 1. The second-order valence-corrected chi connectivity index (χ2v) is 6.73. The van der Waals surface area contributed by atoms with Gasteiger partial charge in [-0.1, -0.05) is 24.3 Å². The number of benzene rings is 1. The minimum Gasteiger partial charge on any atom is -0.493 e. The monoisotopic (exact) mass is 402 g/mol. The number of allylic oxidation sites excluding steroid dienone is 2. The van der Waals surface area contributed by atoms with Crippen LogP contribution in [0.2, 0.25) is 0 Å². The number of nitrogens with zero attached hydrogens (tertiary/aromatic N) is 2. The summed E-state index contributed by atoms with van der Waals surface area (Å²) in [4.78, 5) is 8.78. The molecule has 0 fully saturated rings. The average molecular weight is 403 g/mol. The summed E-state index contributed by atoms with van der Waals surface area (Å²) in [6, 6.07) is 7.76. The molecule has 0 atom stereocenters. The zero-order valence-electron chi connectivity index (χ0n) is 13.2. The molecule has 0 N–H and O–H groups in total. The van der Waals surface area contributed by atoms with Gasteiger partial charge in [0.25, 0.3) is 0 Å². The standard InChI is InChI=1S/C18H15BrN2O2S/c1-22-14-9-13-16(10-15(14)23-2)24-18(21-13)6-4-3-5-12-7-8-17(19)20-11-12/h3-11H,1-2H3/b5-3+,6-4+. The molecule has 3 rings (SSSR count). The van der Waals surface area contributed by atoms with Crippen molar-refractivity contribution in [2.24, 2.45) is 0 Å². The Labute approximate surface area is 152 Å². The maximum atomic E-state index is 5.32. The molecule has 122 valence electrons. The molecular formula is C18H15BrN2O2S. The van der Waals surface area contributed by atoms with E-state index in [9.17, 15) is 0 Å². The Morgan fingerprint density at radius 2 is 1.79 bits per heavy atom. The number of hydrogen-bond acceptors (Lipinski definition) is 5. The molecule has 0 amide bonds. The highest BCUT2D eigenvalue weighted by molar-refractivity contribution is 9.10. The van der Waals surface area contributed by atoms with Gasteiger partial charge in [0.1, 0.15) is 9.61 Å². The molecule has 1 aromatic carbocycles. The summed E-state index contributed by atoms with van der Waals surface area (Å²) in [6.45, 7) is 0. The van der Waals surface area contributed by atoms with Gasteiger partial charge in [0, 0.05) is 18.3 Å². The van der Waals surface area contributed by atoms with E-state index in [2.05, 4.69) is 25.9 Å². The number of hydrogen-bond donors (Lipinski definition) is 0. The van der Waals surface area contributed by atoms with Gasteiger partial charge in [-0.15, -0.1) is 11.3 Å². The first-order valence-corrected chi connectivity index (χ1v) is 8.79. The summed E-state index contributed by atoms with van der Waals surface area (Å²) in [6.07, 6.45) is 9.72. The third kappa shape index (κ3) is 3.83. The van der Waals surface area contributed by atoms with Crippen LogP contribution in [0.1, 0.15) is 10.6 Å². The van der Waals surface area contributed by atoms with Crippen LogP contribution in [0.3, 0.4) is 0 Å². The van der Waals surface area contributed by atoms with Crippen LogP contribution in [0, 0.1) is 0 Å². The van der Waals surface area contributed by atoms with Crippen LogP contribution in [0.15, 0.2) is 47.2 Å². The van der Waals surface area contributed by atoms with Crippen LogP contribution < -0.4 is 9.47 Å². The molecule has 4 nitrogen and oxygen atoms in total. The molecule has 0 aliphatic carbocycles. The highest BCUT2D eigenvalue weighted by Crippen LogP contribution is 2.34. The van der Waals surface area contributed by atoms with Crippen molar-refractivity contribution in [2.75, 3.05) is 14.2 Å². The fourth-order valence-corrected chi connectivity index (χ4v) is 3.26. The molecule has 3 aromatic rings. The van der Waals surface area contributed by atoms with E-state index < -0.39 is 0 Å². The van der Waals surface area contributed by atoms with Crippen molar-refractivity contribution in [1.29, 1.82) is 0 Å². The number of ether oxygens (including phenoxy) is 2. The molecule has 0 radical (unpaired) electrons. The third-order valence-corrected chi connectivity index (χ3v) is 4.75. The van der Waals surface area contributed by atoms with Crippen molar-refractivity contribution in [1.82, 2.24) is 9.97 Å². The summed E-state index contributed by atoms with van der Waals surface area (Å²) in [5, 5.41) is 0.930. The maximum absolute atomic E-state index is 5.32. The normalized spacial score (nSPS) is 11.6. The van der Waals surface area contributed by atoms with Gasteiger partial charge in [0.15, 0.2) is 11.5 Å². The second kappa shape index (κ2) is 7.59. The van der Waals surface area contributed by atoms with Gasteiger partial charge >= 0.3 is 0 Å². The molecule has 6 heteroatoms. The van der Waals surface area contributed by atoms with Gasteiger partial charge in [-0.2, -0.15) is 0 Å². The van der Waals surface area contributed by atoms with Crippen LogP contribution in [-0.4, -0.2) is 24.2 Å². The lowest BCUT2D eigenvalue weighted by molar-refractivity contribution is 0.356. The van der Waals surface area contributed by atoms with E-state index in [-0.39, 0.29) is 0 Å². The van der Waals surface area contributed by atoms with E-state index in [0.29, 0.717) is 11.5 Å². The summed E-state index contributed by atoms with van der Waals surface area (Å²) in [5.74, 6) is 1.40. The van der Waals surface area contributed by atoms with E-state index in [1.165, 1.54) is 0 Å². The number of methoxy groups -OCH3 is 2. The van der Waals surface area contributed by atoms with E-state index in [1.807, 2.05) is 54.8 Å². The smallest absolute Gasteiger partial charge is 0.162 e. The van der Waals surface area contributed by atoms with Crippen molar-refractivity contribution in [3.8, 4) is 11.5 Å². The minimum atomic E-state index is 0.688. The first-order valence-electron chi connectivity index (χ1n) is 7.18. The summed E-state index contributed by atoms with van der Waals surface area (Å²) in [7, 11) is 3.26. The molecule has 0 saturated carbocycles. The molecule has 2 aromatic heterocycles. The molecule has 0 aliphatic heterocycles. The second-order valence-electron chi connectivity index (χ2n) is 4.86. The Kier molecular flexibility index (Phi) is 5.27. The van der Waals surface area contributed by atoms with Crippen LogP contribution in [0.25, 0.3) is 22.4 Å². The van der Waals surface area contributed by atoms with Gasteiger partial charge in [-0.25, -0.2) is 9.97 Å². The van der Waals surface area contributed by atoms with Crippen molar-refractivity contribution in [2.45, 2.75) is 0 Å². The molecule has 0 bridgehead atoms. The lowest BCUT2D eigenvalue weighted by Gasteiger charge is -2.05. The van der Waals surface area contributed by atoms with Gasteiger partial charge in [-0.3, -0.25) is 0 Å². The van der Waals surface area contributed by atoms with E-state index in [4.69, 9.17) is 9.47 Å². The van der Waals surface area contributed by atoms with Crippen LogP contribution in [-0.2, 0) is 0 Å². The molecule has 2 heterocycles. The summed E-state index contributed by atoms with van der Waals surface area (Å²) < 4.78 is 12.5. The highest BCUT2D eigenvalue weighted by Gasteiger charge is 2.09. The van der Waals surface area contributed by atoms with E-state index in [1.54, 1.807) is 25.6 Å². The van der Waals surface area contributed by atoms with Crippen LogP contribution in [0.5, 0.6) is 11.5 Å². The largest absolute Gasteiger partial charge is 0.493 e. The Morgan fingerprint density at radius 3 is 2.50 bits per heavy atom. The number of aromatic nitrogens is 2. The fourth-order valence-electron chi connectivity index (χ4n) is 2.13. The Morgan fingerprint density at radius 1 is 1.04 bits per heavy atom. The molecule has 0 aliphatic rings. The highest BCUT2D eigenvalue weighted by atomic mass is 79.9. The molecule has 0 saturated heterocycles. The van der Waals surface area contributed by atoms with Crippen molar-refractivity contribution in [3.63, 3.8) is 0 Å². The number of pyridine rings is 1. The van der Waals surface area contributed by atoms with Gasteiger partial charge in [-0.05, 0) is 33.6 Å². The maximum Gasteiger partial charge on any atom is 0.162 e. The lowest BCUT2D eigenvalue weighted by Crippen LogP contribution is -1.89. The Bertz CT molecular complexity index is 860. The number of fused-ring (bicyclic) bond motifs is 1. The van der Waals surface area contributed by atoms with Gasteiger partial charge < -0.3 is 9.47 Å². The summed E-state index contributed by atoms with van der Waals surface area (Å²) >= 11 is 4.93. The van der Waals surface area contributed by atoms with Crippen molar-refractivity contribution < 1.29 is 9.47 Å². The average Bonchev–Trinajstić information content (AvgIpc) is 3.00. The Hall–Kier alpha value is -2.18. The van der Waals surface area contributed by atoms with Crippen molar-refractivity contribution >= 4 is 49.6 Å². The lowest BCUT2D eigenvalue weighted by atomic mass is 10.2. The SMILES string of the molecule is COc1cc2nc(/C=C/C=C/c3ccc(Br)nc3)sc2cc1OC. The predicted molar refractivity (Wildman–Crippen MR) is 103 cm³/mol. The first-order chi connectivity index (χ1) is 11.7. The van der Waals surface area contributed by atoms with Crippen molar-refractivity contribution in [3.05, 3.63) is 57.8 Å². The molecular weight excluding hydrogens is 388 g/mol. The van der Waals surface area contributed by atoms with Crippen LogP contribution in [0.4, 0.5) is 0 Å². The summed E-state index contributed by atoms with van der Waals surface area (Å²) in [5.41, 5.74) is 1.94. The number of halogens is 1. The number of rotatable bonds is 5. The Balaban J connectivity index is 1.78. The minimum absolute atomic E-state index is 0.688. The van der Waals surface area contributed by atoms with E-state index >= 15 is 0 Å². The topological polar surface area (TPSA) is 44.2 Å². The molecule has 0 spiro atoms. The predicted octanol–water partition coefficient (Wildman–Crippen LogP) is 5.20. The quantitative estimate of drug-likeness (QED) is 0.434. The molecule has 0 unspecified atom stereocenters. The zero-order valence-corrected chi connectivity index (χ0v) is 15.6. The van der Waals surface area contributed by atoms with Gasteiger partial charge in [0.05, 0.1) is 24.4 Å². The van der Waals surface area contributed by atoms with E-state index in [0.717, 1.165) is 25.4 Å². The fraction of sp³-hybridized carbons (Fsp3) is 0.111.